The molecule has 0 bridgehead atoms. The second-order valence-corrected chi connectivity index (χ2v) is 11.5. The molecule has 0 saturated heterocycles. The molecule has 2 saturated carbocycles. The van der Waals surface area contributed by atoms with Crippen LogP contribution in [0.15, 0.2) is 66.7 Å². The highest BCUT2D eigenvalue weighted by atomic mass is 16.5. The van der Waals surface area contributed by atoms with Gasteiger partial charge in [-0.2, -0.15) is 0 Å². The van der Waals surface area contributed by atoms with Crippen LogP contribution in [-0.4, -0.2) is 18.2 Å². The fraction of sp³-hybridized carbons (Fsp3) is 0.424. The van der Waals surface area contributed by atoms with Gasteiger partial charge < -0.3 is 14.6 Å². The van der Waals surface area contributed by atoms with Crippen LogP contribution in [0.5, 0.6) is 11.5 Å². The Morgan fingerprint density at radius 2 is 1.78 bits per heavy atom. The first-order chi connectivity index (χ1) is 17.8. The van der Waals surface area contributed by atoms with E-state index in [4.69, 9.17) is 9.47 Å². The number of carbonyl (C=O) groups is 1. The molecular formula is C33H38O4. The van der Waals surface area contributed by atoms with E-state index in [0.717, 1.165) is 35.5 Å². The Morgan fingerprint density at radius 3 is 2.49 bits per heavy atom. The van der Waals surface area contributed by atoms with E-state index in [9.17, 15) is 9.90 Å². The minimum atomic E-state index is -0.735. The monoisotopic (exact) mass is 498 g/mol. The van der Waals surface area contributed by atoms with Crippen molar-refractivity contribution in [1.82, 2.24) is 0 Å². The van der Waals surface area contributed by atoms with Crippen molar-refractivity contribution in [3.05, 3.63) is 83.4 Å². The molecule has 2 atom stereocenters. The van der Waals surface area contributed by atoms with E-state index in [1.807, 2.05) is 30.3 Å². The summed E-state index contributed by atoms with van der Waals surface area (Å²) in [6.07, 6.45) is 6.09. The van der Waals surface area contributed by atoms with E-state index in [1.165, 1.54) is 36.0 Å². The first-order valence-corrected chi connectivity index (χ1v) is 13.6. The summed E-state index contributed by atoms with van der Waals surface area (Å²) < 4.78 is 11.8. The average molecular weight is 499 g/mol. The summed E-state index contributed by atoms with van der Waals surface area (Å²) >= 11 is 0. The molecule has 2 fully saturated rings. The Bertz CT molecular complexity index is 1260. The maximum atomic E-state index is 11.4. The highest BCUT2D eigenvalue weighted by Crippen LogP contribution is 2.51. The van der Waals surface area contributed by atoms with Crippen molar-refractivity contribution in [2.24, 2.45) is 11.3 Å². The molecule has 2 aliphatic rings. The van der Waals surface area contributed by atoms with Crippen molar-refractivity contribution in [3.63, 3.8) is 0 Å². The van der Waals surface area contributed by atoms with E-state index < -0.39 is 5.97 Å². The van der Waals surface area contributed by atoms with E-state index in [0.29, 0.717) is 18.4 Å². The SMILES string of the molecule is COc1cccc(-c2ccc(COc3cccc([C@H](CC(=O)O)C4CC4)c3)cc2[C@H]2CCCC2(C)C)c1. The summed E-state index contributed by atoms with van der Waals surface area (Å²) in [4.78, 5) is 11.4. The van der Waals surface area contributed by atoms with Crippen molar-refractivity contribution in [2.45, 2.75) is 70.8 Å². The maximum Gasteiger partial charge on any atom is 0.303 e. The molecule has 5 rings (SSSR count). The third-order valence-corrected chi connectivity index (χ3v) is 8.41. The number of hydrogen-bond acceptors (Lipinski definition) is 3. The summed E-state index contributed by atoms with van der Waals surface area (Å²) in [5.41, 5.74) is 6.32. The lowest BCUT2D eigenvalue weighted by atomic mass is 9.75. The highest BCUT2D eigenvalue weighted by molar-refractivity contribution is 5.70. The fourth-order valence-electron chi connectivity index (χ4n) is 6.19. The summed E-state index contributed by atoms with van der Waals surface area (Å²) in [6.45, 7) is 5.26. The first-order valence-electron chi connectivity index (χ1n) is 13.6. The quantitative estimate of drug-likeness (QED) is 0.306. The molecule has 194 valence electrons. The van der Waals surface area contributed by atoms with Gasteiger partial charge in [-0.15, -0.1) is 0 Å². The number of rotatable bonds is 10. The molecule has 2 aliphatic carbocycles. The molecule has 1 N–H and O–H groups in total. The second kappa shape index (κ2) is 10.6. The van der Waals surface area contributed by atoms with Crippen LogP contribution in [0.25, 0.3) is 11.1 Å². The van der Waals surface area contributed by atoms with Crippen molar-refractivity contribution in [1.29, 1.82) is 0 Å². The molecule has 0 aromatic heterocycles. The Morgan fingerprint density at radius 1 is 1.00 bits per heavy atom. The van der Waals surface area contributed by atoms with Crippen LogP contribution in [0.2, 0.25) is 0 Å². The van der Waals surface area contributed by atoms with Crippen LogP contribution >= 0.6 is 0 Å². The van der Waals surface area contributed by atoms with Gasteiger partial charge in [0, 0.05) is 0 Å². The van der Waals surface area contributed by atoms with Crippen LogP contribution in [0.4, 0.5) is 0 Å². The van der Waals surface area contributed by atoms with Crippen molar-refractivity contribution in [2.75, 3.05) is 7.11 Å². The molecule has 0 heterocycles. The van der Waals surface area contributed by atoms with Gasteiger partial charge in [-0.3, -0.25) is 4.79 Å². The lowest BCUT2D eigenvalue weighted by Crippen LogP contribution is -2.16. The molecule has 3 aromatic carbocycles. The van der Waals surface area contributed by atoms with E-state index >= 15 is 0 Å². The maximum absolute atomic E-state index is 11.4. The molecule has 0 unspecified atom stereocenters. The molecule has 37 heavy (non-hydrogen) atoms. The molecule has 0 radical (unpaired) electrons. The van der Waals surface area contributed by atoms with Crippen LogP contribution in [0.3, 0.4) is 0 Å². The number of hydrogen-bond donors (Lipinski definition) is 1. The normalized spacial score (nSPS) is 19.4. The summed E-state index contributed by atoms with van der Waals surface area (Å²) in [5, 5.41) is 9.39. The summed E-state index contributed by atoms with van der Waals surface area (Å²) in [5.74, 6) is 1.98. The predicted molar refractivity (Wildman–Crippen MR) is 147 cm³/mol. The Labute approximate surface area is 220 Å². The fourth-order valence-corrected chi connectivity index (χ4v) is 6.19. The van der Waals surface area contributed by atoms with Gasteiger partial charge in [0.15, 0.2) is 0 Å². The standard InChI is InChI=1S/C33H38O4/c1-33(2)16-6-11-31(33)30-17-22(12-15-28(30)24-7-4-9-26(18-24)36-3)21-37-27-10-5-8-25(19-27)29(20-32(34)35)23-13-14-23/h4-5,7-10,12,15,17-19,23,29,31H,6,11,13-14,16,20-21H2,1-3H3,(H,34,35)/t29-,31-/m1/s1. The van der Waals surface area contributed by atoms with Gasteiger partial charge in [-0.05, 0) is 101 Å². The molecular weight excluding hydrogens is 460 g/mol. The zero-order valence-electron chi connectivity index (χ0n) is 22.2. The third-order valence-electron chi connectivity index (χ3n) is 8.41. The average Bonchev–Trinajstić information content (AvgIpc) is 3.68. The third kappa shape index (κ3) is 5.84. The van der Waals surface area contributed by atoms with Gasteiger partial charge in [-0.25, -0.2) is 0 Å². The summed E-state index contributed by atoms with van der Waals surface area (Å²) in [6, 6.07) is 23.1. The molecule has 4 nitrogen and oxygen atoms in total. The smallest absolute Gasteiger partial charge is 0.303 e. The van der Waals surface area contributed by atoms with Crippen LogP contribution in [-0.2, 0) is 11.4 Å². The first kappa shape index (κ1) is 25.4. The summed E-state index contributed by atoms with van der Waals surface area (Å²) in [7, 11) is 1.71. The molecule has 0 spiro atoms. The minimum absolute atomic E-state index is 0.0689. The predicted octanol–water partition coefficient (Wildman–Crippen LogP) is 8.20. The van der Waals surface area contributed by atoms with Gasteiger partial charge in [-0.1, -0.05) is 62.7 Å². The zero-order valence-corrected chi connectivity index (χ0v) is 22.2. The number of methoxy groups -OCH3 is 1. The van der Waals surface area contributed by atoms with Gasteiger partial charge in [0.2, 0.25) is 0 Å². The highest BCUT2D eigenvalue weighted by Gasteiger charge is 2.37. The van der Waals surface area contributed by atoms with Gasteiger partial charge >= 0.3 is 5.97 Å². The number of carboxylic acid groups (broad SMARTS) is 1. The van der Waals surface area contributed by atoms with Gasteiger partial charge in [0.25, 0.3) is 0 Å². The number of aliphatic carboxylic acids is 1. The number of ether oxygens (including phenoxy) is 2. The molecule has 0 amide bonds. The largest absolute Gasteiger partial charge is 0.497 e. The Kier molecular flexibility index (Phi) is 7.28. The van der Waals surface area contributed by atoms with Gasteiger partial charge in [0.05, 0.1) is 13.5 Å². The lowest BCUT2D eigenvalue weighted by Gasteiger charge is -2.30. The molecule has 0 aliphatic heterocycles. The number of benzene rings is 3. The molecule has 4 heteroatoms. The van der Waals surface area contributed by atoms with E-state index in [-0.39, 0.29) is 17.8 Å². The van der Waals surface area contributed by atoms with Crippen LogP contribution in [0.1, 0.15) is 80.9 Å². The van der Waals surface area contributed by atoms with E-state index in [1.54, 1.807) is 7.11 Å². The molecule has 3 aromatic rings. The number of carboxylic acids is 1. The van der Waals surface area contributed by atoms with Crippen LogP contribution in [0, 0.1) is 11.3 Å². The zero-order chi connectivity index (χ0) is 26.0. The van der Waals surface area contributed by atoms with E-state index in [2.05, 4.69) is 50.2 Å². The minimum Gasteiger partial charge on any atom is -0.497 e. The lowest BCUT2D eigenvalue weighted by molar-refractivity contribution is -0.137. The topological polar surface area (TPSA) is 55.8 Å². The van der Waals surface area contributed by atoms with Gasteiger partial charge in [0.1, 0.15) is 18.1 Å². The Balaban J connectivity index is 1.40. The Hall–Kier alpha value is -3.27. The van der Waals surface area contributed by atoms with Crippen molar-refractivity contribution >= 4 is 5.97 Å². The van der Waals surface area contributed by atoms with Crippen molar-refractivity contribution < 1.29 is 19.4 Å². The second-order valence-electron chi connectivity index (χ2n) is 11.5. The van der Waals surface area contributed by atoms with Crippen molar-refractivity contribution in [3.8, 4) is 22.6 Å². The van der Waals surface area contributed by atoms with Crippen LogP contribution < -0.4 is 9.47 Å².